The van der Waals surface area contributed by atoms with Crippen molar-refractivity contribution < 1.29 is 0 Å². The minimum atomic E-state index is 0.840. The Morgan fingerprint density at radius 3 is 2.25 bits per heavy atom. The number of hydrogen-bond donors (Lipinski definition) is 1. The monoisotopic (exact) mass is 226 g/mol. The molecular formula is C14H30N2. The second-order valence-electron chi connectivity index (χ2n) is 4.54. The van der Waals surface area contributed by atoms with E-state index in [1.54, 1.807) is 0 Å². The molecule has 0 unspecified atom stereocenters. The minimum absolute atomic E-state index is 0.840. The first-order valence-electron chi connectivity index (χ1n) is 6.77. The van der Waals surface area contributed by atoms with Crippen LogP contribution in [0.25, 0.3) is 0 Å². The average Bonchev–Trinajstić information content (AvgIpc) is 2.31. The molecule has 0 aliphatic carbocycles. The van der Waals surface area contributed by atoms with Gasteiger partial charge in [-0.3, -0.25) is 4.90 Å². The fraction of sp³-hybridized carbons (Fsp3) is 0.857. The van der Waals surface area contributed by atoms with Crippen LogP contribution in [0.1, 0.15) is 40.5 Å². The topological polar surface area (TPSA) is 15.3 Å². The van der Waals surface area contributed by atoms with E-state index in [1.807, 2.05) is 0 Å². The highest BCUT2D eigenvalue weighted by Gasteiger charge is 2.10. The van der Waals surface area contributed by atoms with E-state index < -0.39 is 0 Å². The molecule has 96 valence electrons. The Morgan fingerprint density at radius 1 is 1.19 bits per heavy atom. The van der Waals surface area contributed by atoms with Gasteiger partial charge >= 0.3 is 0 Å². The van der Waals surface area contributed by atoms with Gasteiger partial charge in [0, 0.05) is 19.6 Å². The normalized spacial score (nSPS) is 11.4. The third-order valence-electron chi connectivity index (χ3n) is 3.19. The molecular weight excluding hydrogens is 196 g/mol. The molecule has 0 rings (SSSR count). The Bertz CT molecular complexity index is 174. The molecule has 0 spiro atoms. The van der Waals surface area contributed by atoms with Crippen LogP contribution in [-0.2, 0) is 0 Å². The van der Waals surface area contributed by atoms with E-state index in [2.05, 4.69) is 44.5 Å². The maximum absolute atomic E-state index is 4.13. The number of hydrogen-bond acceptors (Lipinski definition) is 2. The Morgan fingerprint density at radius 2 is 1.81 bits per heavy atom. The Balaban J connectivity index is 3.93. The molecule has 0 bridgehead atoms. The Kier molecular flexibility index (Phi) is 9.65. The van der Waals surface area contributed by atoms with Gasteiger partial charge in [-0.15, -0.1) is 0 Å². The van der Waals surface area contributed by atoms with Crippen LogP contribution >= 0.6 is 0 Å². The SMILES string of the molecule is C=C(CNCC)CN(CC)CC(CC)CC. The average molecular weight is 226 g/mol. The van der Waals surface area contributed by atoms with Gasteiger partial charge in [0.05, 0.1) is 0 Å². The fourth-order valence-electron chi connectivity index (χ4n) is 1.89. The molecule has 0 atom stereocenters. The second kappa shape index (κ2) is 9.86. The van der Waals surface area contributed by atoms with Crippen molar-refractivity contribution in [3.63, 3.8) is 0 Å². The van der Waals surface area contributed by atoms with E-state index >= 15 is 0 Å². The van der Waals surface area contributed by atoms with Crippen LogP contribution in [0.4, 0.5) is 0 Å². The van der Waals surface area contributed by atoms with E-state index in [4.69, 9.17) is 0 Å². The lowest BCUT2D eigenvalue weighted by Gasteiger charge is -2.26. The zero-order valence-corrected chi connectivity index (χ0v) is 11.7. The summed E-state index contributed by atoms with van der Waals surface area (Å²) >= 11 is 0. The summed E-state index contributed by atoms with van der Waals surface area (Å²) in [5.74, 6) is 0.840. The first-order chi connectivity index (χ1) is 7.67. The van der Waals surface area contributed by atoms with Gasteiger partial charge in [-0.2, -0.15) is 0 Å². The lowest BCUT2D eigenvalue weighted by atomic mass is 10.0. The summed E-state index contributed by atoms with van der Waals surface area (Å²) in [7, 11) is 0. The van der Waals surface area contributed by atoms with Crippen LogP contribution in [0.3, 0.4) is 0 Å². The standard InChI is InChI=1S/C14H30N2/c1-6-14(7-2)12-16(9-4)11-13(5)10-15-8-3/h14-15H,5-12H2,1-4H3. The third kappa shape index (κ3) is 7.02. The lowest BCUT2D eigenvalue weighted by Crippen LogP contribution is -2.33. The first-order valence-corrected chi connectivity index (χ1v) is 6.77. The third-order valence-corrected chi connectivity index (χ3v) is 3.19. The molecule has 0 amide bonds. The number of nitrogens with one attached hydrogen (secondary N) is 1. The van der Waals surface area contributed by atoms with Gasteiger partial charge in [0.2, 0.25) is 0 Å². The predicted molar refractivity (Wildman–Crippen MR) is 73.9 cm³/mol. The van der Waals surface area contributed by atoms with Crippen LogP contribution in [0, 0.1) is 5.92 Å². The highest BCUT2D eigenvalue weighted by Crippen LogP contribution is 2.10. The van der Waals surface area contributed by atoms with Crippen LogP contribution < -0.4 is 5.32 Å². The van der Waals surface area contributed by atoms with Gasteiger partial charge in [0.15, 0.2) is 0 Å². The number of nitrogens with zero attached hydrogens (tertiary/aromatic N) is 1. The van der Waals surface area contributed by atoms with Gasteiger partial charge in [-0.05, 0) is 24.6 Å². The lowest BCUT2D eigenvalue weighted by molar-refractivity contribution is 0.249. The molecule has 0 radical (unpaired) electrons. The van der Waals surface area contributed by atoms with Crippen molar-refractivity contribution in [2.45, 2.75) is 40.5 Å². The summed E-state index contributed by atoms with van der Waals surface area (Å²) in [4.78, 5) is 2.51. The molecule has 16 heavy (non-hydrogen) atoms. The summed E-state index contributed by atoms with van der Waals surface area (Å²) in [5.41, 5.74) is 1.30. The van der Waals surface area contributed by atoms with E-state index in [0.29, 0.717) is 0 Å². The largest absolute Gasteiger partial charge is 0.313 e. The summed E-state index contributed by atoms with van der Waals surface area (Å²) in [6, 6.07) is 0. The van der Waals surface area contributed by atoms with Gasteiger partial charge in [0.25, 0.3) is 0 Å². The molecule has 0 saturated carbocycles. The minimum Gasteiger partial charge on any atom is -0.313 e. The van der Waals surface area contributed by atoms with E-state index in [9.17, 15) is 0 Å². The van der Waals surface area contributed by atoms with Crippen molar-refractivity contribution >= 4 is 0 Å². The van der Waals surface area contributed by atoms with Crippen LogP contribution in [-0.4, -0.2) is 37.6 Å². The zero-order valence-electron chi connectivity index (χ0n) is 11.7. The van der Waals surface area contributed by atoms with Crippen molar-refractivity contribution in [2.75, 3.05) is 32.7 Å². The van der Waals surface area contributed by atoms with Crippen molar-refractivity contribution in [3.05, 3.63) is 12.2 Å². The summed E-state index contributed by atoms with van der Waals surface area (Å²) in [5, 5.41) is 3.33. The Labute approximate surface area is 102 Å². The molecule has 2 heteroatoms. The van der Waals surface area contributed by atoms with E-state index in [0.717, 1.165) is 32.1 Å². The quantitative estimate of drug-likeness (QED) is 0.576. The van der Waals surface area contributed by atoms with Crippen molar-refractivity contribution in [3.8, 4) is 0 Å². The summed E-state index contributed by atoms with van der Waals surface area (Å²) < 4.78 is 0. The van der Waals surface area contributed by atoms with E-state index in [-0.39, 0.29) is 0 Å². The van der Waals surface area contributed by atoms with Crippen LogP contribution in [0.2, 0.25) is 0 Å². The zero-order chi connectivity index (χ0) is 12.4. The van der Waals surface area contributed by atoms with Gasteiger partial charge in [0.1, 0.15) is 0 Å². The molecule has 2 nitrogen and oxygen atoms in total. The highest BCUT2D eigenvalue weighted by molar-refractivity contribution is 4.99. The molecule has 0 fully saturated rings. The van der Waals surface area contributed by atoms with Crippen LogP contribution in [0.5, 0.6) is 0 Å². The molecule has 0 heterocycles. The molecule has 0 saturated heterocycles. The predicted octanol–water partition coefficient (Wildman–Crippen LogP) is 2.91. The molecule has 0 aliphatic rings. The van der Waals surface area contributed by atoms with Crippen molar-refractivity contribution in [2.24, 2.45) is 5.92 Å². The van der Waals surface area contributed by atoms with Crippen molar-refractivity contribution in [1.82, 2.24) is 10.2 Å². The molecule has 0 aliphatic heterocycles. The number of likely N-dealkylation sites (N-methyl/N-ethyl adjacent to an activating group) is 2. The highest BCUT2D eigenvalue weighted by atomic mass is 15.1. The smallest absolute Gasteiger partial charge is 0.0202 e. The maximum Gasteiger partial charge on any atom is 0.0202 e. The molecule has 0 aromatic carbocycles. The summed E-state index contributed by atoms with van der Waals surface area (Å²) in [6.45, 7) is 18.4. The van der Waals surface area contributed by atoms with Crippen LogP contribution in [0.15, 0.2) is 12.2 Å². The first kappa shape index (κ1) is 15.7. The second-order valence-corrected chi connectivity index (χ2v) is 4.54. The van der Waals surface area contributed by atoms with Gasteiger partial charge in [-0.25, -0.2) is 0 Å². The maximum atomic E-state index is 4.13. The molecule has 1 N–H and O–H groups in total. The molecule has 0 aromatic rings. The van der Waals surface area contributed by atoms with E-state index in [1.165, 1.54) is 25.0 Å². The fourth-order valence-corrected chi connectivity index (χ4v) is 1.89. The van der Waals surface area contributed by atoms with Gasteiger partial charge in [-0.1, -0.05) is 47.1 Å². The Hall–Kier alpha value is -0.340. The van der Waals surface area contributed by atoms with Gasteiger partial charge < -0.3 is 5.32 Å². The summed E-state index contributed by atoms with van der Waals surface area (Å²) in [6.07, 6.45) is 2.57. The number of rotatable bonds is 10. The van der Waals surface area contributed by atoms with Crippen molar-refractivity contribution in [1.29, 1.82) is 0 Å². The molecule has 0 aromatic heterocycles.